The van der Waals surface area contributed by atoms with Crippen LogP contribution in [-0.4, -0.2) is 24.2 Å². The van der Waals surface area contributed by atoms with Crippen LogP contribution in [0.2, 0.25) is 0 Å². The molecule has 0 atom stereocenters. The fourth-order valence-corrected chi connectivity index (χ4v) is 2.53. The largest absolute Gasteiger partial charge is 0.478 e. The Morgan fingerprint density at radius 2 is 2.05 bits per heavy atom. The first-order valence-corrected chi connectivity index (χ1v) is 6.73. The first kappa shape index (κ1) is 13.8. The van der Waals surface area contributed by atoms with E-state index in [2.05, 4.69) is 18.7 Å². The van der Waals surface area contributed by atoms with Crippen LogP contribution in [0.1, 0.15) is 43.5 Å². The molecule has 2 rings (SSSR count). The fourth-order valence-electron chi connectivity index (χ4n) is 2.53. The highest BCUT2D eigenvalue weighted by Crippen LogP contribution is 2.35. The van der Waals surface area contributed by atoms with E-state index < -0.39 is 11.8 Å². The number of rotatable bonds is 3. The summed E-state index contributed by atoms with van der Waals surface area (Å²) < 4.78 is 13.7. The van der Waals surface area contributed by atoms with E-state index in [1.54, 1.807) is 6.07 Å². The lowest BCUT2D eigenvalue weighted by molar-refractivity contribution is 0.0692. The van der Waals surface area contributed by atoms with Gasteiger partial charge in [0.1, 0.15) is 5.82 Å². The van der Waals surface area contributed by atoms with Gasteiger partial charge in [0.25, 0.3) is 0 Å². The quantitative estimate of drug-likeness (QED) is 0.908. The van der Waals surface area contributed by atoms with Gasteiger partial charge in [-0.05, 0) is 36.5 Å². The van der Waals surface area contributed by atoms with Crippen molar-refractivity contribution in [3.05, 3.63) is 29.6 Å². The molecule has 3 nitrogen and oxygen atoms in total. The van der Waals surface area contributed by atoms with E-state index in [9.17, 15) is 9.18 Å². The number of halogens is 1. The molecular weight excluding hydrogens is 245 g/mol. The summed E-state index contributed by atoms with van der Waals surface area (Å²) in [6.45, 7) is 6.29. The monoisotopic (exact) mass is 265 g/mol. The Morgan fingerprint density at radius 3 is 2.53 bits per heavy atom. The number of carboxylic acid groups (broad SMARTS) is 1. The Hall–Kier alpha value is -1.58. The molecule has 1 aliphatic rings. The number of carboxylic acids is 1. The van der Waals surface area contributed by atoms with Gasteiger partial charge in [0.2, 0.25) is 0 Å². The topological polar surface area (TPSA) is 40.5 Å². The lowest BCUT2D eigenvalue weighted by Crippen LogP contribution is -2.38. The van der Waals surface area contributed by atoms with E-state index in [4.69, 9.17) is 5.11 Å². The second-order valence-corrected chi connectivity index (χ2v) is 5.62. The van der Waals surface area contributed by atoms with Crippen molar-refractivity contribution in [2.45, 2.75) is 33.1 Å². The van der Waals surface area contributed by atoms with Gasteiger partial charge < -0.3 is 10.0 Å². The zero-order chi connectivity index (χ0) is 14.0. The number of hydrogen-bond donors (Lipinski definition) is 1. The van der Waals surface area contributed by atoms with E-state index in [1.807, 2.05) is 0 Å². The lowest BCUT2D eigenvalue weighted by atomic mass is 9.78. The molecule has 1 saturated heterocycles. The molecule has 1 fully saturated rings. The molecule has 1 aromatic carbocycles. The van der Waals surface area contributed by atoms with Crippen molar-refractivity contribution in [2.24, 2.45) is 5.41 Å². The molecule has 19 heavy (non-hydrogen) atoms. The number of benzene rings is 1. The van der Waals surface area contributed by atoms with E-state index in [1.165, 1.54) is 12.1 Å². The molecule has 0 amide bonds. The van der Waals surface area contributed by atoms with Crippen LogP contribution >= 0.6 is 0 Å². The van der Waals surface area contributed by atoms with Crippen LogP contribution in [0.25, 0.3) is 0 Å². The van der Waals surface area contributed by atoms with E-state index in [-0.39, 0.29) is 5.56 Å². The van der Waals surface area contributed by atoms with Gasteiger partial charge in [0.05, 0.1) is 5.56 Å². The van der Waals surface area contributed by atoms with Crippen LogP contribution in [0.3, 0.4) is 0 Å². The van der Waals surface area contributed by atoms with Crippen molar-refractivity contribution in [3.63, 3.8) is 0 Å². The molecule has 104 valence electrons. The molecule has 1 N–H and O–H groups in total. The van der Waals surface area contributed by atoms with Crippen molar-refractivity contribution in [1.82, 2.24) is 0 Å². The highest BCUT2D eigenvalue weighted by Gasteiger charge is 2.28. The van der Waals surface area contributed by atoms with E-state index >= 15 is 0 Å². The van der Waals surface area contributed by atoms with Crippen molar-refractivity contribution < 1.29 is 14.3 Å². The van der Waals surface area contributed by atoms with Crippen LogP contribution in [0.5, 0.6) is 0 Å². The summed E-state index contributed by atoms with van der Waals surface area (Å²) in [4.78, 5) is 12.9. The molecule has 0 saturated carbocycles. The van der Waals surface area contributed by atoms with Gasteiger partial charge in [0.15, 0.2) is 0 Å². The highest BCUT2D eigenvalue weighted by molar-refractivity contribution is 5.88. The minimum Gasteiger partial charge on any atom is -0.478 e. The predicted octanol–water partition coefficient (Wildman–Crippen LogP) is 3.54. The Morgan fingerprint density at radius 1 is 1.42 bits per heavy atom. The van der Waals surface area contributed by atoms with Gasteiger partial charge in [-0.1, -0.05) is 20.3 Å². The predicted molar refractivity (Wildman–Crippen MR) is 73.2 cm³/mol. The molecule has 1 aromatic rings. The molecule has 0 unspecified atom stereocenters. The molecule has 1 heterocycles. The summed E-state index contributed by atoms with van der Waals surface area (Å²) in [5.74, 6) is -1.88. The first-order chi connectivity index (χ1) is 8.95. The van der Waals surface area contributed by atoms with Crippen LogP contribution in [0, 0.1) is 11.2 Å². The maximum atomic E-state index is 13.7. The number of nitrogens with zero attached hydrogens (tertiary/aromatic N) is 1. The second-order valence-electron chi connectivity index (χ2n) is 5.62. The number of anilines is 1. The van der Waals surface area contributed by atoms with Gasteiger partial charge in [-0.2, -0.15) is 0 Å². The molecule has 0 radical (unpaired) electrons. The number of piperidine rings is 1. The summed E-state index contributed by atoms with van der Waals surface area (Å²) in [7, 11) is 0. The Kier molecular flexibility index (Phi) is 3.78. The highest BCUT2D eigenvalue weighted by atomic mass is 19.1. The van der Waals surface area contributed by atoms with Crippen LogP contribution in [0.4, 0.5) is 10.1 Å². The van der Waals surface area contributed by atoms with E-state index in [0.29, 0.717) is 5.41 Å². The van der Waals surface area contributed by atoms with Crippen molar-refractivity contribution >= 4 is 11.7 Å². The van der Waals surface area contributed by atoms with Gasteiger partial charge in [0, 0.05) is 18.8 Å². The third-order valence-corrected chi connectivity index (χ3v) is 4.37. The third kappa shape index (κ3) is 2.88. The standard InChI is InChI=1S/C15H20FNO2/c1-3-15(2)6-8-17(9-7-15)11-4-5-12(14(18)19)13(16)10-11/h4-5,10H,3,6-9H2,1-2H3,(H,18,19). The SMILES string of the molecule is CCC1(C)CCN(c2ccc(C(=O)O)c(F)c2)CC1. The van der Waals surface area contributed by atoms with Crippen molar-refractivity contribution in [2.75, 3.05) is 18.0 Å². The average Bonchev–Trinajstić information content (AvgIpc) is 2.39. The summed E-state index contributed by atoms with van der Waals surface area (Å²) in [6, 6.07) is 4.37. The summed E-state index contributed by atoms with van der Waals surface area (Å²) >= 11 is 0. The van der Waals surface area contributed by atoms with Crippen molar-refractivity contribution in [1.29, 1.82) is 0 Å². The molecule has 0 aromatic heterocycles. The van der Waals surface area contributed by atoms with Gasteiger partial charge in [-0.3, -0.25) is 0 Å². The minimum absolute atomic E-state index is 0.265. The maximum Gasteiger partial charge on any atom is 0.338 e. The summed E-state index contributed by atoms with van der Waals surface area (Å²) in [6.07, 6.45) is 3.34. The molecule has 0 aliphatic carbocycles. The van der Waals surface area contributed by atoms with Gasteiger partial charge >= 0.3 is 5.97 Å². The van der Waals surface area contributed by atoms with Gasteiger partial charge in [-0.15, -0.1) is 0 Å². The molecule has 0 bridgehead atoms. The molecular formula is C15H20FNO2. The van der Waals surface area contributed by atoms with Crippen LogP contribution in [0.15, 0.2) is 18.2 Å². The average molecular weight is 265 g/mol. The van der Waals surface area contributed by atoms with Crippen LogP contribution in [-0.2, 0) is 0 Å². The smallest absolute Gasteiger partial charge is 0.338 e. The number of aromatic carboxylic acids is 1. The second kappa shape index (κ2) is 5.19. The Bertz CT molecular complexity index is 479. The minimum atomic E-state index is -1.22. The lowest BCUT2D eigenvalue weighted by Gasteiger charge is -2.40. The Labute approximate surface area is 113 Å². The third-order valence-electron chi connectivity index (χ3n) is 4.37. The summed E-state index contributed by atoms with van der Waals surface area (Å²) in [5.41, 5.74) is 0.899. The normalized spacial score (nSPS) is 18.4. The zero-order valence-corrected chi connectivity index (χ0v) is 11.4. The molecule has 4 heteroatoms. The zero-order valence-electron chi connectivity index (χ0n) is 11.4. The number of hydrogen-bond acceptors (Lipinski definition) is 2. The van der Waals surface area contributed by atoms with Crippen LogP contribution < -0.4 is 4.90 Å². The van der Waals surface area contributed by atoms with Crippen molar-refractivity contribution in [3.8, 4) is 0 Å². The molecule has 0 spiro atoms. The number of carbonyl (C=O) groups is 1. The first-order valence-electron chi connectivity index (χ1n) is 6.73. The maximum absolute atomic E-state index is 13.7. The van der Waals surface area contributed by atoms with E-state index in [0.717, 1.165) is 38.0 Å². The Balaban J connectivity index is 2.12. The fraction of sp³-hybridized carbons (Fsp3) is 0.533. The molecule has 1 aliphatic heterocycles. The van der Waals surface area contributed by atoms with Gasteiger partial charge in [-0.25, -0.2) is 9.18 Å². The summed E-state index contributed by atoms with van der Waals surface area (Å²) in [5, 5.41) is 8.81.